The Bertz CT molecular complexity index is 1160. The van der Waals surface area contributed by atoms with Crippen LogP contribution in [0.25, 0.3) is 27.3 Å². The minimum atomic E-state index is 0.122. The zero-order chi connectivity index (χ0) is 21.8. The van der Waals surface area contributed by atoms with Gasteiger partial charge in [0.1, 0.15) is 0 Å². The SMILES string of the molecule is CCN(CC)[C@@H](C)CCC(=O)c1cncc(-c2cnn3ccc(-c4cccs4)nc23)c1. The topological polar surface area (TPSA) is 63.4 Å². The van der Waals surface area contributed by atoms with E-state index in [1.165, 1.54) is 0 Å². The van der Waals surface area contributed by atoms with E-state index in [0.29, 0.717) is 18.0 Å². The highest BCUT2D eigenvalue weighted by Crippen LogP contribution is 2.28. The molecule has 4 heterocycles. The van der Waals surface area contributed by atoms with Crippen molar-refractivity contribution >= 4 is 22.8 Å². The molecule has 1 atom stereocenters. The quantitative estimate of drug-likeness (QED) is 0.339. The van der Waals surface area contributed by atoms with E-state index in [2.05, 4.69) is 41.8 Å². The van der Waals surface area contributed by atoms with Gasteiger partial charge in [-0.15, -0.1) is 11.3 Å². The summed E-state index contributed by atoms with van der Waals surface area (Å²) in [6.07, 6.45) is 8.48. The molecule has 0 aliphatic rings. The number of hydrogen-bond acceptors (Lipinski definition) is 6. The predicted molar refractivity (Wildman–Crippen MR) is 125 cm³/mol. The van der Waals surface area contributed by atoms with Crippen molar-refractivity contribution < 1.29 is 4.79 Å². The first kappa shape index (κ1) is 21.3. The van der Waals surface area contributed by atoms with Gasteiger partial charge in [-0.2, -0.15) is 5.10 Å². The summed E-state index contributed by atoms with van der Waals surface area (Å²) in [5.74, 6) is 0.122. The zero-order valence-electron chi connectivity index (χ0n) is 18.2. The molecule has 0 aliphatic heterocycles. The number of Topliss-reactive ketones (excluding diaryl/α,β-unsaturated/α-hetero) is 1. The molecule has 0 fully saturated rings. The molecule has 31 heavy (non-hydrogen) atoms. The van der Waals surface area contributed by atoms with Crippen LogP contribution in [0.4, 0.5) is 0 Å². The number of nitrogens with zero attached hydrogens (tertiary/aromatic N) is 5. The molecule has 0 bridgehead atoms. The lowest BCUT2D eigenvalue weighted by Crippen LogP contribution is -2.33. The van der Waals surface area contributed by atoms with Crippen molar-refractivity contribution in [2.45, 2.75) is 39.7 Å². The van der Waals surface area contributed by atoms with Crippen LogP contribution in [0.3, 0.4) is 0 Å². The average Bonchev–Trinajstić information content (AvgIpc) is 3.48. The number of hydrogen-bond donors (Lipinski definition) is 0. The van der Waals surface area contributed by atoms with Gasteiger partial charge in [-0.25, -0.2) is 9.50 Å². The third kappa shape index (κ3) is 4.57. The second-order valence-electron chi connectivity index (χ2n) is 7.61. The molecule has 160 valence electrons. The number of fused-ring (bicyclic) bond motifs is 1. The van der Waals surface area contributed by atoms with Crippen molar-refractivity contribution in [2.75, 3.05) is 13.1 Å². The van der Waals surface area contributed by atoms with Crippen molar-refractivity contribution in [1.82, 2.24) is 24.5 Å². The van der Waals surface area contributed by atoms with Gasteiger partial charge in [0.15, 0.2) is 11.4 Å². The highest BCUT2D eigenvalue weighted by Gasteiger charge is 2.16. The standard InChI is InChI=1S/C24H27N5OS/c1-4-28(5-2)17(3)8-9-22(30)19-13-18(14-25-15-19)20-16-26-29-11-10-21(27-24(20)29)23-7-6-12-31-23/h6-7,10-17H,4-5,8-9H2,1-3H3/t17-/m0/s1. The first-order chi connectivity index (χ1) is 15.1. The maximum absolute atomic E-state index is 12.8. The van der Waals surface area contributed by atoms with E-state index in [9.17, 15) is 4.79 Å². The third-order valence-corrected chi connectivity index (χ3v) is 6.63. The molecule has 0 unspecified atom stereocenters. The monoisotopic (exact) mass is 433 g/mol. The summed E-state index contributed by atoms with van der Waals surface area (Å²) in [5, 5.41) is 6.47. The van der Waals surface area contributed by atoms with E-state index in [1.807, 2.05) is 29.8 Å². The number of carbonyl (C=O) groups is 1. The normalized spacial score (nSPS) is 12.5. The Morgan fingerprint density at radius 2 is 2.03 bits per heavy atom. The molecule has 0 amide bonds. The fourth-order valence-electron chi connectivity index (χ4n) is 3.89. The van der Waals surface area contributed by atoms with E-state index in [0.717, 1.165) is 46.9 Å². The molecule has 6 nitrogen and oxygen atoms in total. The molecular weight excluding hydrogens is 406 g/mol. The van der Waals surface area contributed by atoms with Crippen molar-refractivity contribution in [3.05, 3.63) is 60.0 Å². The Balaban J connectivity index is 1.57. The summed E-state index contributed by atoms with van der Waals surface area (Å²) < 4.78 is 1.76. The van der Waals surface area contributed by atoms with Crippen LogP contribution in [0, 0.1) is 0 Å². The van der Waals surface area contributed by atoms with Gasteiger partial charge in [-0.05, 0) is 50.0 Å². The lowest BCUT2D eigenvalue weighted by Gasteiger charge is -2.26. The van der Waals surface area contributed by atoms with Crippen LogP contribution in [0.2, 0.25) is 0 Å². The Morgan fingerprint density at radius 1 is 1.19 bits per heavy atom. The Morgan fingerprint density at radius 3 is 2.77 bits per heavy atom. The van der Waals surface area contributed by atoms with Gasteiger partial charge < -0.3 is 4.90 Å². The molecule has 0 spiro atoms. The second kappa shape index (κ2) is 9.49. The first-order valence-corrected chi connectivity index (χ1v) is 11.6. The van der Waals surface area contributed by atoms with Crippen LogP contribution in [-0.4, -0.2) is 49.4 Å². The number of ketones is 1. The summed E-state index contributed by atoms with van der Waals surface area (Å²) >= 11 is 1.66. The van der Waals surface area contributed by atoms with Crippen LogP contribution < -0.4 is 0 Å². The number of carbonyl (C=O) groups excluding carboxylic acids is 1. The van der Waals surface area contributed by atoms with Gasteiger partial charge >= 0.3 is 0 Å². The van der Waals surface area contributed by atoms with E-state index in [1.54, 1.807) is 34.4 Å². The summed E-state index contributed by atoms with van der Waals surface area (Å²) in [5.41, 5.74) is 4.03. The van der Waals surface area contributed by atoms with Crippen LogP contribution in [-0.2, 0) is 0 Å². The maximum atomic E-state index is 12.8. The van der Waals surface area contributed by atoms with Crippen LogP contribution in [0.15, 0.2) is 54.4 Å². The van der Waals surface area contributed by atoms with Crippen molar-refractivity contribution in [1.29, 1.82) is 0 Å². The summed E-state index contributed by atoms with van der Waals surface area (Å²) in [4.78, 5) is 25.5. The lowest BCUT2D eigenvalue weighted by molar-refractivity contribution is 0.0964. The molecule has 4 rings (SSSR count). The fraction of sp³-hybridized carbons (Fsp3) is 0.333. The van der Waals surface area contributed by atoms with Crippen molar-refractivity contribution in [3.8, 4) is 21.7 Å². The molecule has 0 aliphatic carbocycles. The average molecular weight is 434 g/mol. The molecule has 4 aromatic rings. The van der Waals surface area contributed by atoms with Gasteiger partial charge in [0.05, 0.1) is 16.8 Å². The summed E-state index contributed by atoms with van der Waals surface area (Å²) in [7, 11) is 0. The van der Waals surface area contributed by atoms with Crippen LogP contribution in [0.5, 0.6) is 0 Å². The molecule has 4 aromatic heterocycles. The fourth-order valence-corrected chi connectivity index (χ4v) is 4.58. The van der Waals surface area contributed by atoms with Crippen molar-refractivity contribution in [2.24, 2.45) is 0 Å². The molecule has 0 N–H and O–H groups in total. The van der Waals surface area contributed by atoms with E-state index < -0.39 is 0 Å². The highest BCUT2D eigenvalue weighted by molar-refractivity contribution is 7.13. The highest BCUT2D eigenvalue weighted by atomic mass is 32.1. The largest absolute Gasteiger partial charge is 0.301 e. The zero-order valence-corrected chi connectivity index (χ0v) is 19.0. The summed E-state index contributed by atoms with van der Waals surface area (Å²) in [6.45, 7) is 8.49. The van der Waals surface area contributed by atoms with Crippen LogP contribution >= 0.6 is 11.3 Å². The molecular formula is C24H27N5OS. The van der Waals surface area contributed by atoms with Gasteiger partial charge in [0.2, 0.25) is 0 Å². The molecule has 0 saturated carbocycles. The molecule has 0 radical (unpaired) electrons. The van der Waals surface area contributed by atoms with E-state index in [4.69, 9.17) is 4.98 Å². The maximum Gasteiger partial charge on any atom is 0.164 e. The van der Waals surface area contributed by atoms with Crippen LogP contribution in [0.1, 0.15) is 44.0 Å². The van der Waals surface area contributed by atoms with Crippen molar-refractivity contribution in [3.63, 3.8) is 0 Å². The third-order valence-electron chi connectivity index (χ3n) is 5.74. The first-order valence-electron chi connectivity index (χ1n) is 10.7. The van der Waals surface area contributed by atoms with Gasteiger partial charge in [-0.3, -0.25) is 9.78 Å². The Hall–Kier alpha value is -2.90. The lowest BCUT2D eigenvalue weighted by atomic mass is 10.0. The van der Waals surface area contributed by atoms with E-state index >= 15 is 0 Å². The minimum Gasteiger partial charge on any atom is -0.301 e. The molecule has 7 heteroatoms. The number of aromatic nitrogens is 4. The smallest absolute Gasteiger partial charge is 0.164 e. The summed E-state index contributed by atoms with van der Waals surface area (Å²) in [6, 6.07) is 8.33. The molecule has 0 saturated heterocycles. The number of thiophene rings is 1. The van der Waals surface area contributed by atoms with Gasteiger partial charge in [0, 0.05) is 47.7 Å². The number of pyridine rings is 1. The second-order valence-corrected chi connectivity index (χ2v) is 8.56. The molecule has 0 aromatic carbocycles. The van der Waals surface area contributed by atoms with Gasteiger partial charge in [-0.1, -0.05) is 19.9 Å². The van der Waals surface area contributed by atoms with E-state index in [-0.39, 0.29) is 5.78 Å². The predicted octanol–water partition coefficient (Wildman–Crippen LogP) is 5.21. The Kier molecular flexibility index (Phi) is 6.53. The Labute approximate surface area is 186 Å². The minimum absolute atomic E-state index is 0.122. The van der Waals surface area contributed by atoms with Gasteiger partial charge in [0.25, 0.3) is 0 Å². The number of rotatable bonds is 9.